The topological polar surface area (TPSA) is 61.8 Å². The van der Waals surface area contributed by atoms with Gasteiger partial charge in [0.2, 0.25) is 0 Å². The molecule has 0 N–H and O–H groups in total. The van der Waals surface area contributed by atoms with Gasteiger partial charge in [0.05, 0.1) is 20.0 Å². The largest absolute Gasteiger partial charge is 0.490 e. The summed E-state index contributed by atoms with van der Waals surface area (Å²) in [5.74, 6) is 0.492. The monoisotopic (exact) mass is 348 g/mol. The summed E-state index contributed by atoms with van der Waals surface area (Å²) in [6, 6.07) is 5.82. The maximum Gasteiger partial charge on any atom is 0.310 e. The molecular formula is C20H28O5. The maximum atomic E-state index is 12.0. The van der Waals surface area contributed by atoms with E-state index in [2.05, 4.69) is 0 Å². The Bertz CT molecular complexity index is 629. The van der Waals surface area contributed by atoms with Crippen molar-refractivity contribution >= 4 is 11.9 Å². The highest BCUT2D eigenvalue weighted by atomic mass is 16.6. The molecule has 0 aromatic heterocycles. The number of aryl methyl sites for hydroxylation is 1. The minimum absolute atomic E-state index is 0.00306. The van der Waals surface area contributed by atoms with Gasteiger partial charge in [-0.1, -0.05) is 19.1 Å². The molecule has 1 aromatic rings. The number of esters is 2. The lowest BCUT2D eigenvalue weighted by Crippen LogP contribution is -2.31. The van der Waals surface area contributed by atoms with E-state index in [9.17, 15) is 9.59 Å². The lowest BCUT2D eigenvalue weighted by Gasteiger charge is -2.30. The fourth-order valence-electron chi connectivity index (χ4n) is 3.00. The normalized spacial score (nSPS) is 17.9. The summed E-state index contributed by atoms with van der Waals surface area (Å²) in [6.07, 6.45) is 2.33. The Labute approximate surface area is 149 Å². The summed E-state index contributed by atoms with van der Waals surface area (Å²) in [5, 5.41) is 0. The Morgan fingerprint density at radius 3 is 2.64 bits per heavy atom. The van der Waals surface area contributed by atoms with Crippen LogP contribution in [0.3, 0.4) is 0 Å². The molecule has 0 fully saturated rings. The molecular weight excluding hydrogens is 320 g/mol. The van der Waals surface area contributed by atoms with Crippen LogP contribution in [0.15, 0.2) is 18.2 Å². The van der Waals surface area contributed by atoms with Crippen molar-refractivity contribution in [2.24, 2.45) is 5.92 Å². The number of hydrogen-bond donors (Lipinski definition) is 0. The number of ether oxygens (including phenoxy) is 3. The van der Waals surface area contributed by atoms with Crippen LogP contribution in [0.5, 0.6) is 5.75 Å². The highest BCUT2D eigenvalue weighted by molar-refractivity contribution is 5.73. The molecule has 0 unspecified atom stereocenters. The molecule has 2 rings (SSSR count). The molecule has 5 nitrogen and oxygen atoms in total. The summed E-state index contributed by atoms with van der Waals surface area (Å²) in [5.41, 5.74) is 1.55. The lowest BCUT2D eigenvalue weighted by molar-refractivity contribution is -0.154. The fourth-order valence-corrected chi connectivity index (χ4v) is 3.00. The minimum Gasteiger partial charge on any atom is -0.490 e. The first-order valence-electron chi connectivity index (χ1n) is 8.75. The van der Waals surface area contributed by atoms with E-state index >= 15 is 0 Å². The highest BCUT2D eigenvalue weighted by Gasteiger charge is 2.27. The second kappa shape index (κ2) is 7.89. The number of rotatable bonds is 5. The summed E-state index contributed by atoms with van der Waals surface area (Å²) in [6.45, 7) is 7.59. The van der Waals surface area contributed by atoms with Crippen LogP contribution in [0, 0.1) is 5.92 Å². The second-order valence-corrected chi connectivity index (χ2v) is 7.66. The molecule has 1 aliphatic rings. The summed E-state index contributed by atoms with van der Waals surface area (Å²) >= 11 is 0. The molecule has 0 saturated carbocycles. The molecule has 0 radical (unpaired) electrons. The van der Waals surface area contributed by atoms with Crippen molar-refractivity contribution in [1.29, 1.82) is 0 Å². The van der Waals surface area contributed by atoms with E-state index in [-0.39, 0.29) is 30.4 Å². The van der Waals surface area contributed by atoms with Crippen LogP contribution in [0.25, 0.3) is 0 Å². The van der Waals surface area contributed by atoms with Crippen molar-refractivity contribution in [2.45, 2.75) is 65.1 Å². The Morgan fingerprint density at radius 2 is 2.00 bits per heavy atom. The van der Waals surface area contributed by atoms with Crippen LogP contribution in [0.2, 0.25) is 0 Å². The van der Waals surface area contributed by atoms with Gasteiger partial charge in [-0.25, -0.2) is 0 Å². The first-order chi connectivity index (χ1) is 11.7. The van der Waals surface area contributed by atoms with Gasteiger partial charge in [0.15, 0.2) is 0 Å². The molecule has 25 heavy (non-hydrogen) atoms. The maximum absolute atomic E-state index is 12.0. The van der Waals surface area contributed by atoms with Crippen molar-refractivity contribution < 1.29 is 23.8 Å². The third-order valence-electron chi connectivity index (χ3n) is 4.22. The zero-order chi connectivity index (χ0) is 18.6. The molecule has 1 heterocycles. The number of benzene rings is 1. The summed E-state index contributed by atoms with van der Waals surface area (Å²) < 4.78 is 16.2. The van der Waals surface area contributed by atoms with E-state index in [0.29, 0.717) is 6.42 Å². The van der Waals surface area contributed by atoms with Crippen molar-refractivity contribution in [3.8, 4) is 5.75 Å². The molecule has 1 aliphatic heterocycles. The number of hydrogen-bond acceptors (Lipinski definition) is 5. The van der Waals surface area contributed by atoms with Gasteiger partial charge < -0.3 is 14.2 Å². The number of carbonyl (C=O) groups excluding carboxylic acids is 2. The zero-order valence-electron chi connectivity index (χ0n) is 15.8. The average molecular weight is 348 g/mol. The van der Waals surface area contributed by atoms with Crippen molar-refractivity contribution in [3.63, 3.8) is 0 Å². The van der Waals surface area contributed by atoms with E-state index in [4.69, 9.17) is 14.2 Å². The van der Waals surface area contributed by atoms with Crippen LogP contribution in [-0.2, 0) is 31.9 Å². The first-order valence-corrected chi connectivity index (χ1v) is 8.75. The van der Waals surface area contributed by atoms with E-state index in [1.54, 1.807) is 0 Å². The van der Waals surface area contributed by atoms with Gasteiger partial charge in [-0.05, 0) is 50.8 Å². The number of carbonyl (C=O) groups is 2. The van der Waals surface area contributed by atoms with E-state index in [0.717, 1.165) is 29.7 Å². The molecule has 0 bridgehead atoms. The van der Waals surface area contributed by atoms with Crippen molar-refractivity contribution in [1.82, 2.24) is 0 Å². The van der Waals surface area contributed by atoms with Gasteiger partial charge in [-0.2, -0.15) is 0 Å². The van der Waals surface area contributed by atoms with Gasteiger partial charge >= 0.3 is 11.9 Å². The molecule has 0 saturated heterocycles. The van der Waals surface area contributed by atoms with Crippen LogP contribution < -0.4 is 4.74 Å². The third kappa shape index (κ3) is 5.76. The van der Waals surface area contributed by atoms with Crippen molar-refractivity contribution in [3.05, 3.63) is 29.3 Å². The highest BCUT2D eigenvalue weighted by Crippen LogP contribution is 2.32. The smallest absolute Gasteiger partial charge is 0.310 e. The summed E-state index contributed by atoms with van der Waals surface area (Å²) in [4.78, 5) is 23.4. The summed E-state index contributed by atoms with van der Waals surface area (Å²) in [7, 11) is 1.40. The van der Waals surface area contributed by atoms with E-state index in [1.165, 1.54) is 7.11 Å². The SMILES string of the molecule is COC(=O)C[C@@H](C)[C@H]1CCc2cc(CC(=O)OC(C)(C)C)ccc2O1. The number of methoxy groups -OCH3 is 1. The number of fused-ring (bicyclic) bond motifs is 1. The van der Waals surface area contributed by atoms with Gasteiger partial charge in [0, 0.05) is 5.92 Å². The predicted molar refractivity (Wildman–Crippen MR) is 94.5 cm³/mol. The fraction of sp³-hybridized carbons (Fsp3) is 0.600. The Balaban J connectivity index is 1.99. The van der Waals surface area contributed by atoms with Crippen LogP contribution in [-0.4, -0.2) is 30.8 Å². The first kappa shape index (κ1) is 19.3. The Kier molecular flexibility index (Phi) is 6.09. The lowest BCUT2D eigenvalue weighted by atomic mass is 9.91. The Hall–Kier alpha value is -2.04. The molecule has 2 atom stereocenters. The van der Waals surface area contributed by atoms with E-state index in [1.807, 2.05) is 45.9 Å². The van der Waals surface area contributed by atoms with Crippen LogP contribution in [0.1, 0.15) is 51.7 Å². The minimum atomic E-state index is -0.475. The Morgan fingerprint density at radius 1 is 1.28 bits per heavy atom. The average Bonchev–Trinajstić information content (AvgIpc) is 2.52. The van der Waals surface area contributed by atoms with Gasteiger partial charge in [0.1, 0.15) is 17.5 Å². The van der Waals surface area contributed by atoms with Gasteiger partial charge in [-0.3, -0.25) is 9.59 Å². The third-order valence-corrected chi connectivity index (χ3v) is 4.22. The quantitative estimate of drug-likeness (QED) is 0.763. The van der Waals surface area contributed by atoms with Crippen LogP contribution >= 0.6 is 0 Å². The molecule has 0 spiro atoms. The standard InChI is InChI=1S/C20H28O5/c1-13(10-18(21)23-5)16-9-7-15-11-14(6-8-17(15)24-16)12-19(22)25-20(2,3)4/h6,8,11,13,16H,7,9-10,12H2,1-5H3/t13-,16-/m1/s1. The van der Waals surface area contributed by atoms with Crippen molar-refractivity contribution in [2.75, 3.05) is 7.11 Å². The van der Waals surface area contributed by atoms with Crippen LogP contribution in [0.4, 0.5) is 0 Å². The van der Waals surface area contributed by atoms with E-state index < -0.39 is 5.60 Å². The molecule has 1 aromatic carbocycles. The molecule has 0 amide bonds. The molecule has 5 heteroatoms. The van der Waals surface area contributed by atoms with Gasteiger partial charge in [-0.15, -0.1) is 0 Å². The zero-order valence-corrected chi connectivity index (χ0v) is 15.8. The second-order valence-electron chi connectivity index (χ2n) is 7.66. The van der Waals surface area contributed by atoms with Gasteiger partial charge in [0.25, 0.3) is 0 Å². The predicted octanol–water partition coefficient (Wildman–Crippen LogP) is 3.46. The molecule has 0 aliphatic carbocycles. The molecule has 138 valence electrons.